The van der Waals surface area contributed by atoms with E-state index in [1.807, 2.05) is 18.2 Å². The van der Waals surface area contributed by atoms with Gasteiger partial charge in [-0.1, -0.05) is 39.0 Å². The third kappa shape index (κ3) is 3.51. The number of phenols is 1. The molecule has 0 radical (unpaired) electrons. The first-order chi connectivity index (χ1) is 9.41. The number of nitrogens with zero attached hydrogens (tertiary/aromatic N) is 1. The molecule has 1 atom stereocenters. The molecule has 0 aromatic heterocycles. The number of aromatic hydroxyl groups is 1. The number of morpholine rings is 1. The number of nitrogens with two attached hydrogens (primary N) is 1. The number of hydrogen-bond acceptors (Lipinski definition) is 4. The van der Waals surface area contributed by atoms with Gasteiger partial charge < -0.3 is 15.6 Å². The van der Waals surface area contributed by atoms with E-state index < -0.39 is 0 Å². The molecular weight excluding hydrogens is 252 g/mol. The molecule has 112 valence electrons. The van der Waals surface area contributed by atoms with Gasteiger partial charge in [0.25, 0.3) is 0 Å². The Balaban J connectivity index is 2.14. The van der Waals surface area contributed by atoms with Gasteiger partial charge in [-0.05, 0) is 11.0 Å². The highest BCUT2D eigenvalue weighted by Crippen LogP contribution is 2.33. The predicted octanol–water partition coefficient (Wildman–Crippen LogP) is 1.85. The van der Waals surface area contributed by atoms with Crippen molar-refractivity contribution >= 4 is 0 Å². The van der Waals surface area contributed by atoms with Crippen molar-refractivity contribution in [2.45, 2.75) is 38.8 Å². The summed E-state index contributed by atoms with van der Waals surface area (Å²) >= 11 is 0. The van der Waals surface area contributed by atoms with Crippen molar-refractivity contribution in [1.29, 1.82) is 0 Å². The van der Waals surface area contributed by atoms with Crippen molar-refractivity contribution in [1.82, 2.24) is 4.90 Å². The zero-order valence-electron chi connectivity index (χ0n) is 12.7. The summed E-state index contributed by atoms with van der Waals surface area (Å²) in [6.45, 7) is 10.1. The maximum absolute atomic E-state index is 10.5. The molecule has 0 bridgehead atoms. The molecule has 3 N–H and O–H groups in total. The van der Waals surface area contributed by atoms with Gasteiger partial charge in [-0.3, -0.25) is 4.90 Å². The zero-order valence-corrected chi connectivity index (χ0v) is 12.7. The van der Waals surface area contributed by atoms with E-state index in [1.54, 1.807) is 0 Å². The maximum atomic E-state index is 10.5. The summed E-state index contributed by atoms with van der Waals surface area (Å²) in [5.74, 6) is 0.427. The molecule has 2 rings (SSSR count). The number of phenolic OH excluding ortho intramolecular Hbond substituents is 1. The first-order valence-corrected chi connectivity index (χ1v) is 7.27. The Labute approximate surface area is 121 Å². The van der Waals surface area contributed by atoms with Gasteiger partial charge in [0.2, 0.25) is 0 Å². The second-order valence-corrected chi connectivity index (χ2v) is 6.53. The third-order valence-corrected chi connectivity index (χ3v) is 3.81. The fourth-order valence-electron chi connectivity index (χ4n) is 2.63. The normalized spacial score (nSPS) is 21.1. The Bertz CT molecular complexity index is 454. The summed E-state index contributed by atoms with van der Waals surface area (Å²) in [4.78, 5) is 2.29. The van der Waals surface area contributed by atoms with Crippen molar-refractivity contribution in [3.05, 3.63) is 29.3 Å². The van der Waals surface area contributed by atoms with Crippen molar-refractivity contribution in [3.8, 4) is 5.75 Å². The summed E-state index contributed by atoms with van der Waals surface area (Å²) < 4.78 is 5.57. The molecule has 0 spiro atoms. The van der Waals surface area contributed by atoms with Gasteiger partial charge in [0.05, 0.1) is 12.7 Å². The molecule has 0 unspecified atom stereocenters. The molecule has 20 heavy (non-hydrogen) atoms. The van der Waals surface area contributed by atoms with Gasteiger partial charge in [0.1, 0.15) is 5.75 Å². The first-order valence-electron chi connectivity index (χ1n) is 7.27. The van der Waals surface area contributed by atoms with Gasteiger partial charge in [0.15, 0.2) is 0 Å². The van der Waals surface area contributed by atoms with E-state index in [0.717, 1.165) is 30.8 Å². The van der Waals surface area contributed by atoms with Crippen LogP contribution in [0.3, 0.4) is 0 Å². The van der Waals surface area contributed by atoms with Crippen LogP contribution < -0.4 is 5.73 Å². The van der Waals surface area contributed by atoms with Crippen molar-refractivity contribution in [3.63, 3.8) is 0 Å². The van der Waals surface area contributed by atoms with Crippen LogP contribution in [0.1, 0.15) is 31.9 Å². The minimum absolute atomic E-state index is 0.0507. The fourth-order valence-corrected chi connectivity index (χ4v) is 2.63. The molecule has 1 aliphatic heterocycles. The van der Waals surface area contributed by atoms with Gasteiger partial charge in [-0.2, -0.15) is 0 Å². The van der Waals surface area contributed by atoms with E-state index in [1.165, 1.54) is 0 Å². The predicted molar refractivity (Wildman–Crippen MR) is 80.9 cm³/mol. The highest BCUT2D eigenvalue weighted by atomic mass is 16.5. The highest BCUT2D eigenvalue weighted by Gasteiger charge is 2.23. The van der Waals surface area contributed by atoms with Gasteiger partial charge >= 0.3 is 0 Å². The van der Waals surface area contributed by atoms with Crippen LogP contribution in [0, 0.1) is 0 Å². The average Bonchev–Trinajstić information content (AvgIpc) is 2.40. The van der Waals surface area contributed by atoms with Crippen LogP contribution in [-0.2, 0) is 16.7 Å². The lowest BCUT2D eigenvalue weighted by molar-refractivity contribution is -0.0262. The Hall–Kier alpha value is -1.10. The Kier molecular flexibility index (Phi) is 4.68. The second-order valence-electron chi connectivity index (χ2n) is 6.53. The maximum Gasteiger partial charge on any atom is 0.123 e. The third-order valence-electron chi connectivity index (χ3n) is 3.81. The smallest absolute Gasteiger partial charge is 0.123 e. The SMILES string of the molecule is CC(C)(C)c1cccc(CN2CCO[C@H](CN)C2)c1O. The summed E-state index contributed by atoms with van der Waals surface area (Å²) in [7, 11) is 0. The molecule has 1 saturated heterocycles. The standard InChI is InChI=1S/C16H26N2O2/c1-16(2,3)14-6-4-5-12(15(14)19)10-18-7-8-20-13(9-17)11-18/h4-6,13,19H,7-11,17H2,1-3H3/t13-/m1/s1. The van der Waals surface area contributed by atoms with E-state index in [4.69, 9.17) is 10.5 Å². The van der Waals surface area contributed by atoms with Crippen molar-refractivity contribution in [2.24, 2.45) is 5.73 Å². The van der Waals surface area contributed by atoms with Gasteiger partial charge in [-0.15, -0.1) is 0 Å². The molecule has 1 fully saturated rings. The first kappa shape index (κ1) is 15.3. The number of rotatable bonds is 3. The minimum Gasteiger partial charge on any atom is -0.507 e. The van der Waals surface area contributed by atoms with Crippen LogP contribution >= 0.6 is 0 Å². The van der Waals surface area contributed by atoms with Crippen LogP contribution in [0.25, 0.3) is 0 Å². The van der Waals surface area contributed by atoms with E-state index in [-0.39, 0.29) is 11.5 Å². The monoisotopic (exact) mass is 278 g/mol. The number of benzene rings is 1. The zero-order chi connectivity index (χ0) is 14.8. The van der Waals surface area contributed by atoms with Crippen LogP contribution in [0.4, 0.5) is 0 Å². The minimum atomic E-state index is -0.0507. The lowest BCUT2D eigenvalue weighted by atomic mass is 9.85. The summed E-state index contributed by atoms with van der Waals surface area (Å²) in [5.41, 5.74) is 7.60. The molecule has 4 heteroatoms. The number of para-hydroxylation sites is 1. The molecule has 1 heterocycles. The van der Waals surface area contributed by atoms with Crippen LogP contribution in [0.5, 0.6) is 5.75 Å². The number of hydrogen-bond donors (Lipinski definition) is 2. The van der Waals surface area contributed by atoms with Crippen LogP contribution in [0.15, 0.2) is 18.2 Å². The fraction of sp³-hybridized carbons (Fsp3) is 0.625. The van der Waals surface area contributed by atoms with Crippen LogP contribution in [0.2, 0.25) is 0 Å². The molecule has 1 aromatic carbocycles. The molecule has 0 amide bonds. The quantitative estimate of drug-likeness (QED) is 0.886. The lowest BCUT2D eigenvalue weighted by Gasteiger charge is -2.33. The van der Waals surface area contributed by atoms with Crippen molar-refractivity contribution < 1.29 is 9.84 Å². The van der Waals surface area contributed by atoms with Gasteiger partial charge in [-0.25, -0.2) is 0 Å². The number of ether oxygens (including phenoxy) is 1. The second kappa shape index (κ2) is 6.12. The Morgan fingerprint density at radius 1 is 1.40 bits per heavy atom. The Morgan fingerprint density at radius 2 is 2.15 bits per heavy atom. The molecule has 0 saturated carbocycles. The largest absolute Gasteiger partial charge is 0.507 e. The summed E-state index contributed by atoms with van der Waals surface area (Å²) in [6.07, 6.45) is 0.108. The van der Waals surface area contributed by atoms with Crippen molar-refractivity contribution in [2.75, 3.05) is 26.2 Å². The van der Waals surface area contributed by atoms with Gasteiger partial charge in [0, 0.05) is 31.7 Å². The van der Waals surface area contributed by atoms with E-state index in [0.29, 0.717) is 18.9 Å². The van der Waals surface area contributed by atoms with E-state index in [2.05, 4.69) is 25.7 Å². The molecule has 0 aliphatic carbocycles. The highest BCUT2D eigenvalue weighted by molar-refractivity contribution is 5.43. The average molecular weight is 278 g/mol. The Morgan fingerprint density at radius 3 is 2.80 bits per heavy atom. The topological polar surface area (TPSA) is 58.7 Å². The molecule has 1 aromatic rings. The summed E-state index contributed by atoms with van der Waals surface area (Å²) in [6, 6.07) is 6.02. The summed E-state index contributed by atoms with van der Waals surface area (Å²) in [5, 5.41) is 10.5. The molecule has 4 nitrogen and oxygen atoms in total. The van der Waals surface area contributed by atoms with Crippen LogP contribution in [-0.4, -0.2) is 42.4 Å². The lowest BCUT2D eigenvalue weighted by Crippen LogP contribution is -2.45. The molecule has 1 aliphatic rings. The van der Waals surface area contributed by atoms with E-state index in [9.17, 15) is 5.11 Å². The molecular formula is C16H26N2O2. The van der Waals surface area contributed by atoms with E-state index >= 15 is 0 Å².